The minimum absolute atomic E-state index is 0.129. The van der Waals surface area contributed by atoms with Crippen LogP contribution in [0.25, 0.3) is 0 Å². The highest BCUT2D eigenvalue weighted by atomic mass is 32.2. The topological polar surface area (TPSA) is 117 Å². The lowest BCUT2D eigenvalue weighted by Gasteiger charge is -2.43. The molecule has 1 aromatic rings. The summed E-state index contributed by atoms with van der Waals surface area (Å²) in [5.41, 5.74) is -0.458. The van der Waals surface area contributed by atoms with Gasteiger partial charge < -0.3 is 18.9 Å². The molecule has 26 heavy (non-hydrogen) atoms. The highest BCUT2D eigenvalue weighted by Crippen LogP contribution is 2.50. The summed E-state index contributed by atoms with van der Waals surface area (Å²) in [4.78, 5) is 12.9. The Morgan fingerprint density at radius 3 is 2.23 bits per heavy atom. The van der Waals surface area contributed by atoms with E-state index in [0.717, 1.165) is 0 Å². The maximum absolute atomic E-state index is 12.9. The molecule has 1 aromatic carbocycles. The zero-order valence-electron chi connectivity index (χ0n) is 14.9. The van der Waals surface area contributed by atoms with Gasteiger partial charge in [0.05, 0.1) is 27.8 Å². The van der Waals surface area contributed by atoms with Crippen LogP contribution in [0, 0.1) is 0 Å². The lowest BCUT2D eigenvalue weighted by molar-refractivity contribution is 0.00526. The molecule has 0 atom stereocenters. The van der Waals surface area contributed by atoms with Gasteiger partial charge in [-0.25, -0.2) is 5.14 Å². The molecule has 1 fully saturated rings. The van der Waals surface area contributed by atoms with Crippen molar-refractivity contribution in [1.82, 2.24) is 4.31 Å². The third-order valence-electron chi connectivity index (χ3n) is 4.88. The third kappa shape index (κ3) is 3.08. The number of rotatable bonds is 4. The zero-order chi connectivity index (χ0) is 19.1. The second-order valence-corrected chi connectivity index (χ2v) is 7.89. The summed E-state index contributed by atoms with van der Waals surface area (Å²) in [6.07, 6.45) is 0.862. The predicted molar refractivity (Wildman–Crippen MR) is 92.3 cm³/mol. The van der Waals surface area contributed by atoms with Crippen LogP contribution < -0.4 is 24.1 Å². The van der Waals surface area contributed by atoms with Gasteiger partial charge in [0.25, 0.3) is 10.2 Å². The van der Waals surface area contributed by atoms with Crippen molar-refractivity contribution in [3.8, 4) is 23.0 Å². The first-order chi connectivity index (χ1) is 12.2. The first kappa shape index (κ1) is 18.7. The van der Waals surface area contributed by atoms with Crippen molar-refractivity contribution < 1.29 is 32.2 Å². The van der Waals surface area contributed by atoms with E-state index in [4.69, 9.17) is 24.1 Å². The number of ketones is 1. The molecule has 0 bridgehead atoms. The molecule has 1 saturated heterocycles. The Bertz CT molecular complexity index is 829. The summed E-state index contributed by atoms with van der Waals surface area (Å²) < 4.78 is 46.4. The van der Waals surface area contributed by atoms with E-state index < -0.39 is 15.8 Å². The SMILES string of the molecule is COc1cc2c(c(OC)c1OC)C(=O)CC1(CCN(S(N)(=O)=O)CC1)O2. The first-order valence-electron chi connectivity index (χ1n) is 8.08. The highest BCUT2D eigenvalue weighted by molar-refractivity contribution is 7.86. The second kappa shape index (κ2) is 6.60. The molecule has 0 radical (unpaired) electrons. The monoisotopic (exact) mass is 386 g/mol. The van der Waals surface area contributed by atoms with Gasteiger partial charge in [-0.15, -0.1) is 0 Å². The Balaban J connectivity index is 1.98. The lowest BCUT2D eigenvalue weighted by Crippen LogP contribution is -2.53. The Hall–Kier alpha value is -2.04. The number of carbonyl (C=O) groups excluding carboxylic acids is 1. The van der Waals surface area contributed by atoms with E-state index in [1.165, 1.54) is 25.6 Å². The van der Waals surface area contributed by atoms with Gasteiger partial charge in [-0.05, 0) is 0 Å². The molecule has 2 heterocycles. The summed E-state index contributed by atoms with van der Waals surface area (Å²) >= 11 is 0. The average molecular weight is 386 g/mol. The van der Waals surface area contributed by atoms with Gasteiger partial charge in [0, 0.05) is 32.0 Å². The molecule has 2 aliphatic rings. The van der Waals surface area contributed by atoms with Crippen molar-refractivity contribution >= 4 is 16.0 Å². The molecule has 0 saturated carbocycles. The fraction of sp³-hybridized carbons (Fsp3) is 0.562. The van der Waals surface area contributed by atoms with Crippen LogP contribution in [-0.4, -0.2) is 58.5 Å². The molecule has 0 aromatic heterocycles. The van der Waals surface area contributed by atoms with Crippen LogP contribution in [0.2, 0.25) is 0 Å². The van der Waals surface area contributed by atoms with E-state index in [-0.39, 0.29) is 31.0 Å². The van der Waals surface area contributed by atoms with Gasteiger partial charge in [-0.1, -0.05) is 0 Å². The molecule has 0 unspecified atom stereocenters. The van der Waals surface area contributed by atoms with Gasteiger partial charge in [0.2, 0.25) is 5.75 Å². The van der Waals surface area contributed by atoms with E-state index in [0.29, 0.717) is 35.7 Å². The molecule has 2 aliphatic heterocycles. The molecule has 0 amide bonds. The summed E-state index contributed by atoms with van der Waals surface area (Å²) in [6.45, 7) is 0.401. The molecular weight excluding hydrogens is 364 g/mol. The van der Waals surface area contributed by atoms with Crippen LogP contribution in [0.15, 0.2) is 6.07 Å². The van der Waals surface area contributed by atoms with E-state index in [2.05, 4.69) is 0 Å². The Kier molecular flexibility index (Phi) is 4.76. The summed E-state index contributed by atoms with van der Waals surface area (Å²) in [5, 5.41) is 5.18. The number of nitrogens with two attached hydrogens (primary N) is 1. The average Bonchev–Trinajstić information content (AvgIpc) is 2.59. The first-order valence-corrected chi connectivity index (χ1v) is 9.58. The number of Topliss-reactive ketones (excluding diaryl/α,β-unsaturated/α-hetero) is 1. The minimum Gasteiger partial charge on any atom is -0.493 e. The fourth-order valence-corrected chi connectivity index (χ4v) is 4.25. The van der Waals surface area contributed by atoms with Crippen molar-refractivity contribution in [2.24, 2.45) is 5.14 Å². The number of hydrogen-bond acceptors (Lipinski definition) is 7. The number of ether oxygens (including phenoxy) is 4. The van der Waals surface area contributed by atoms with E-state index in [1.807, 2.05) is 0 Å². The number of nitrogens with zero attached hydrogens (tertiary/aromatic N) is 1. The van der Waals surface area contributed by atoms with Gasteiger partial charge in [0.15, 0.2) is 17.3 Å². The van der Waals surface area contributed by atoms with E-state index in [9.17, 15) is 13.2 Å². The van der Waals surface area contributed by atoms with Gasteiger partial charge in [0.1, 0.15) is 16.9 Å². The highest BCUT2D eigenvalue weighted by Gasteiger charge is 2.46. The van der Waals surface area contributed by atoms with Crippen molar-refractivity contribution in [2.75, 3.05) is 34.4 Å². The maximum Gasteiger partial charge on any atom is 0.276 e. The Morgan fingerprint density at radius 2 is 1.73 bits per heavy atom. The number of carbonyl (C=O) groups is 1. The zero-order valence-corrected chi connectivity index (χ0v) is 15.7. The lowest BCUT2D eigenvalue weighted by atomic mass is 9.82. The molecule has 1 spiro atoms. The smallest absolute Gasteiger partial charge is 0.276 e. The van der Waals surface area contributed by atoms with Gasteiger partial charge in [-0.2, -0.15) is 12.7 Å². The molecule has 0 aliphatic carbocycles. The molecular formula is C16H22N2O7S. The van der Waals surface area contributed by atoms with Crippen LogP contribution in [0.1, 0.15) is 29.6 Å². The summed E-state index contributed by atoms with van der Waals surface area (Å²) in [6, 6.07) is 1.60. The van der Waals surface area contributed by atoms with Crippen molar-refractivity contribution in [2.45, 2.75) is 24.9 Å². The van der Waals surface area contributed by atoms with Gasteiger partial charge >= 0.3 is 0 Å². The number of benzene rings is 1. The molecule has 10 heteroatoms. The number of hydrogen-bond donors (Lipinski definition) is 1. The van der Waals surface area contributed by atoms with Crippen molar-refractivity contribution in [3.05, 3.63) is 11.6 Å². The van der Waals surface area contributed by atoms with E-state index in [1.54, 1.807) is 6.07 Å². The van der Waals surface area contributed by atoms with Crippen LogP contribution in [0.4, 0.5) is 0 Å². The summed E-state index contributed by atoms with van der Waals surface area (Å²) in [7, 11) is 0.640. The van der Waals surface area contributed by atoms with Crippen LogP contribution >= 0.6 is 0 Å². The van der Waals surface area contributed by atoms with Crippen LogP contribution in [-0.2, 0) is 10.2 Å². The third-order valence-corrected chi connectivity index (χ3v) is 5.96. The number of piperidine rings is 1. The Morgan fingerprint density at radius 1 is 1.12 bits per heavy atom. The van der Waals surface area contributed by atoms with Crippen molar-refractivity contribution in [1.29, 1.82) is 0 Å². The molecule has 9 nitrogen and oxygen atoms in total. The number of fused-ring (bicyclic) bond motifs is 1. The predicted octanol–water partition coefficient (Wildman–Crippen LogP) is 0.716. The second-order valence-electron chi connectivity index (χ2n) is 6.35. The van der Waals surface area contributed by atoms with Crippen molar-refractivity contribution in [3.63, 3.8) is 0 Å². The summed E-state index contributed by atoms with van der Waals surface area (Å²) in [5.74, 6) is 1.18. The Labute approximate surface area is 152 Å². The largest absolute Gasteiger partial charge is 0.493 e. The molecule has 144 valence electrons. The minimum atomic E-state index is -3.75. The van der Waals surface area contributed by atoms with Crippen LogP contribution in [0.3, 0.4) is 0 Å². The fourth-order valence-electron chi connectivity index (χ4n) is 3.56. The normalized spacial score (nSPS) is 19.6. The van der Waals surface area contributed by atoms with Gasteiger partial charge in [-0.3, -0.25) is 4.79 Å². The number of methoxy groups -OCH3 is 3. The molecule has 2 N–H and O–H groups in total. The van der Waals surface area contributed by atoms with E-state index >= 15 is 0 Å². The van der Waals surface area contributed by atoms with Crippen LogP contribution in [0.5, 0.6) is 23.0 Å². The quantitative estimate of drug-likeness (QED) is 0.810. The maximum atomic E-state index is 12.9. The standard InChI is InChI=1S/C16H22N2O7S/c1-22-12-8-11-13(15(24-3)14(12)23-2)10(19)9-16(25-11)4-6-18(7-5-16)26(17,20)21/h8H,4-7,9H2,1-3H3,(H2,17,20,21). The molecule has 3 rings (SSSR count).